The van der Waals surface area contributed by atoms with E-state index in [-0.39, 0.29) is 10.5 Å². The van der Waals surface area contributed by atoms with Crippen molar-refractivity contribution in [3.05, 3.63) is 214 Å². The van der Waals surface area contributed by atoms with Crippen LogP contribution in [0.5, 0.6) is 0 Å². The molecule has 0 amide bonds. The Labute approximate surface area is 379 Å². The van der Waals surface area contributed by atoms with Crippen LogP contribution < -0.4 is 0 Å². The van der Waals surface area contributed by atoms with E-state index in [9.17, 15) is 0 Å². The fourth-order valence-electron chi connectivity index (χ4n) is 9.39. The summed E-state index contributed by atoms with van der Waals surface area (Å²) in [7, 11) is 4.15. The van der Waals surface area contributed by atoms with Gasteiger partial charge in [-0.05, 0) is 166 Å². The Morgan fingerprint density at radius 2 is 0.500 bits per heavy atom. The van der Waals surface area contributed by atoms with Crippen molar-refractivity contribution in [2.24, 2.45) is 0 Å². The SMILES string of the molecule is CC[C@@H](SS[C@H](CC)c1c(-c2ccccc2C)ccc(-c2ccccc2C)c1-c1ccccc1C)c1c(-c2ccccc2C)ccc(-c2ccccc2C)c1-c1ccccc1C. The summed E-state index contributed by atoms with van der Waals surface area (Å²) in [6.07, 6.45) is 1.98. The molecule has 310 valence electrons. The molecule has 62 heavy (non-hydrogen) atoms. The summed E-state index contributed by atoms with van der Waals surface area (Å²) >= 11 is 0. The molecule has 2 atom stereocenters. The average molecular weight is 843 g/mol. The van der Waals surface area contributed by atoms with Gasteiger partial charge in [0.25, 0.3) is 0 Å². The molecule has 0 saturated heterocycles. The Balaban J connectivity index is 1.37. The molecule has 0 aromatic heterocycles. The Hall–Kier alpha value is -5.54. The lowest BCUT2D eigenvalue weighted by molar-refractivity contribution is 0.896. The van der Waals surface area contributed by atoms with Gasteiger partial charge in [-0.3, -0.25) is 0 Å². The zero-order chi connectivity index (χ0) is 43.3. The maximum Gasteiger partial charge on any atom is 0.0411 e. The van der Waals surface area contributed by atoms with Crippen molar-refractivity contribution in [2.45, 2.75) is 78.7 Å². The first-order valence-electron chi connectivity index (χ1n) is 22.2. The normalized spacial score (nSPS) is 12.3. The fourth-order valence-corrected chi connectivity index (χ4v) is 12.8. The minimum Gasteiger partial charge on any atom is -0.0852 e. The van der Waals surface area contributed by atoms with Crippen LogP contribution in [0.15, 0.2) is 170 Å². The minimum atomic E-state index is 0.200. The molecule has 0 nitrogen and oxygen atoms in total. The van der Waals surface area contributed by atoms with E-state index in [0.29, 0.717) is 0 Å². The molecule has 0 N–H and O–H groups in total. The van der Waals surface area contributed by atoms with Crippen molar-refractivity contribution >= 4 is 21.6 Å². The third-order valence-electron chi connectivity index (χ3n) is 12.7. The van der Waals surface area contributed by atoms with Gasteiger partial charge in [-0.2, -0.15) is 0 Å². The van der Waals surface area contributed by atoms with Gasteiger partial charge < -0.3 is 0 Å². The van der Waals surface area contributed by atoms with Gasteiger partial charge in [0.1, 0.15) is 0 Å². The minimum absolute atomic E-state index is 0.200. The quantitative estimate of drug-likeness (QED) is 0.106. The number of hydrogen-bond acceptors (Lipinski definition) is 2. The molecule has 0 aliphatic heterocycles. The molecule has 8 aromatic carbocycles. The van der Waals surface area contributed by atoms with Gasteiger partial charge in [0.05, 0.1) is 0 Å². The molecule has 8 aromatic rings. The van der Waals surface area contributed by atoms with E-state index in [1.165, 1.54) is 111 Å². The van der Waals surface area contributed by atoms with E-state index in [1.54, 1.807) is 0 Å². The molecule has 0 saturated carbocycles. The molecule has 0 aliphatic carbocycles. The Morgan fingerprint density at radius 3 is 0.758 bits per heavy atom. The summed E-state index contributed by atoms with van der Waals surface area (Å²) < 4.78 is 0. The molecule has 0 spiro atoms. The third-order valence-corrected chi connectivity index (χ3v) is 16.2. The number of benzene rings is 8. The molecule has 0 fully saturated rings. The third kappa shape index (κ3) is 8.48. The fraction of sp³-hybridized carbons (Fsp3) is 0.200. The smallest absolute Gasteiger partial charge is 0.0411 e. The highest BCUT2D eigenvalue weighted by Crippen LogP contribution is 2.58. The lowest BCUT2D eigenvalue weighted by Crippen LogP contribution is -2.05. The monoisotopic (exact) mass is 842 g/mol. The maximum atomic E-state index is 2.42. The van der Waals surface area contributed by atoms with Crippen molar-refractivity contribution in [1.82, 2.24) is 0 Å². The summed E-state index contributed by atoms with van der Waals surface area (Å²) in [5, 5.41) is 0.399. The van der Waals surface area contributed by atoms with Crippen LogP contribution in [0.4, 0.5) is 0 Å². The first kappa shape index (κ1) is 43.1. The molecule has 0 unspecified atom stereocenters. The highest BCUT2D eigenvalue weighted by molar-refractivity contribution is 8.76. The van der Waals surface area contributed by atoms with Crippen LogP contribution in [0.3, 0.4) is 0 Å². The Morgan fingerprint density at radius 1 is 0.274 bits per heavy atom. The zero-order valence-corrected chi connectivity index (χ0v) is 39.2. The highest BCUT2D eigenvalue weighted by Gasteiger charge is 2.30. The van der Waals surface area contributed by atoms with Crippen molar-refractivity contribution in [1.29, 1.82) is 0 Å². The first-order chi connectivity index (χ1) is 30.2. The second-order valence-electron chi connectivity index (χ2n) is 16.8. The van der Waals surface area contributed by atoms with Gasteiger partial charge in [-0.15, -0.1) is 0 Å². The lowest BCUT2D eigenvalue weighted by atomic mass is 9.81. The van der Waals surface area contributed by atoms with E-state index < -0.39 is 0 Å². The highest BCUT2D eigenvalue weighted by atomic mass is 33.1. The molecule has 0 radical (unpaired) electrons. The average Bonchev–Trinajstić information content (AvgIpc) is 3.29. The standard InChI is InChI=1S/C60H58S2/c1-9-55(59-53(47-31-19-13-25-41(47)5)37-35-51(45-29-17-11-23-39(45)3)57(59)49-33-21-15-27-43(49)7)61-62-56(10-2)60-54(48-32-20-14-26-42(48)6)38-36-52(46-30-18-12-24-40(46)4)58(60)50-34-22-16-28-44(50)8/h11-38,55-56H,9-10H2,1-8H3/t55-,56-/m1/s1. The van der Waals surface area contributed by atoms with Gasteiger partial charge in [-0.1, -0.05) is 205 Å². The van der Waals surface area contributed by atoms with E-state index in [2.05, 4.69) is 247 Å². The first-order valence-corrected chi connectivity index (χ1v) is 24.5. The van der Waals surface area contributed by atoms with E-state index in [0.717, 1.165) is 12.8 Å². The number of hydrogen-bond donors (Lipinski definition) is 0. The maximum absolute atomic E-state index is 2.42. The Kier molecular flexibility index (Phi) is 13.4. The topological polar surface area (TPSA) is 0 Å². The van der Waals surface area contributed by atoms with Gasteiger partial charge in [0.2, 0.25) is 0 Å². The molecular weight excluding hydrogens is 785 g/mol. The largest absolute Gasteiger partial charge is 0.0852 e. The molecule has 0 aliphatic rings. The summed E-state index contributed by atoms with van der Waals surface area (Å²) in [6.45, 7) is 18.4. The van der Waals surface area contributed by atoms with Crippen LogP contribution in [0, 0.1) is 41.5 Å². The van der Waals surface area contributed by atoms with Crippen LogP contribution in [-0.2, 0) is 0 Å². The van der Waals surface area contributed by atoms with Crippen LogP contribution in [0.25, 0.3) is 66.8 Å². The zero-order valence-electron chi connectivity index (χ0n) is 37.6. The number of rotatable bonds is 13. The van der Waals surface area contributed by atoms with Gasteiger partial charge in [0, 0.05) is 10.5 Å². The van der Waals surface area contributed by atoms with Gasteiger partial charge in [-0.25, -0.2) is 0 Å². The summed E-state index contributed by atoms with van der Waals surface area (Å²) in [5.74, 6) is 0. The molecule has 8 rings (SSSR count). The summed E-state index contributed by atoms with van der Waals surface area (Å²) in [5.41, 5.74) is 26.4. The van der Waals surface area contributed by atoms with Crippen LogP contribution in [-0.4, -0.2) is 0 Å². The molecular formula is C60H58S2. The van der Waals surface area contributed by atoms with Crippen LogP contribution >= 0.6 is 21.6 Å². The van der Waals surface area contributed by atoms with Crippen molar-refractivity contribution in [2.75, 3.05) is 0 Å². The molecule has 0 heterocycles. The van der Waals surface area contributed by atoms with Gasteiger partial charge in [0.15, 0.2) is 0 Å². The summed E-state index contributed by atoms with van der Waals surface area (Å²) in [6, 6.07) is 63.4. The van der Waals surface area contributed by atoms with E-state index in [4.69, 9.17) is 0 Å². The molecule has 2 heteroatoms. The second-order valence-corrected chi connectivity index (χ2v) is 19.5. The van der Waals surface area contributed by atoms with Gasteiger partial charge >= 0.3 is 0 Å². The summed E-state index contributed by atoms with van der Waals surface area (Å²) in [4.78, 5) is 0. The van der Waals surface area contributed by atoms with E-state index in [1.807, 2.05) is 0 Å². The van der Waals surface area contributed by atoms with E-state index >= 15 is 0 Å². The van der Waals surface area contributed by atoms with Crippen molar-refractivity contribution in [3.8, 4) is 66.8 Å². The predicted octanol–water partition coefficient (Wildman–Crippen LogP) is 18.5. The lowest BCUT2D eigenvalue weighted by Gasteiger charge is -2.30. The number of aryl methyl sites for hydroxylation is 6. The Bertz CT molecular complexity index is 2670. The predicted molar refractivity (Wildman–Crippen MR) is 275 cm³/mol. The van der Waals surface area contributed by atoms with Crippen molar-refractivity contribution in [3.63, 3.8) is 0 Å². The van der Waals surface area contributed by atoms with Crippen molar-refractivity contribution < 1.29 is 0 Å². The van der Waals surface area contributed by atoms with Crippen LogP contribution in [0.2, 0.25) is 0 Å². The van der Waals surface area contributed by atoms with Crippen LogP contribution in [0.1, 0.15) is 81.7 Å². The molecule has 0 bridgehead atoms. The second kappa shape index (κ2) is 19.2.